The molecule has 0 unspecified atom stereocenters. The molecule has 2 heteroatoms. The second kappa shape index (κ2) is 4.96. The van der Waals surface area contributed by atoms with E-state index in [0.717, 1.165) is 19.3 Å². The molecule has 0 heterocycles. The molecule has 3 fully saturated rings. The summed E-state index contributed by atoms with van der Waals surface area (Å²) in [5.74, 6) is 0.833. The van der Waals surface area contributed by atoms with E-state index in [9.17, 15) is 10.2 Å². The van der Waals surface area contributed by atoms with Crippen molar-refractivity contribution in [2.45, 2.75) is 97.7 Å². The molecule has 3 aliphatic carbocycles. The third-order valence-corrected chi connectivity index (χ3v) is 8.51. The van der Waals surface area contributed by atoms with Gasteiger partial charge in [0.2, 0.25) is 0 Å². The van der Waals surface area contributed by atoms with Crippen molar-refractivity contribution in [2.24, 2.45) is 28.1 Å². The largest absolute Gasteiger partial charge is 0.390 e. The van der Waals surface area contributed by atoms with Gasteiger partial charge in [-0.25, -0.2) is 0 Å². The van der Waals surface area contributed by atoms with E-state index in [4.69, 9.17) is 0 Å². The van der Waals surface area contributed by atoms with Gasteiger partial charge in [0.05, 0.1) is 11.7 Å². The summed E-state index contributed by atoms with van der Waals surface area (Å²) >= 11 is 0. The number of hydrogen-bond donors (Lipinski definition) is 2. The van der Waals surface area contributed by atoms with E-state index < -0.39 is 11.7 Å². The lowest BCUT2D eigenvalue weighted by Gasteiger charge is -2.66. The summed E-state index contributed by atoms with van der Waals surface area (Å²) in [6.07, 6.45) is 8.52. The highest BCUT2D eigenvalue weighted by Gasteiger charge is 2.66. The summed E-state index contributed by atoms with van der Waals surface area (Å²) in [7, 11) is 0. The highest BCUT2D eigenvalue weighted by molar-refractivity contribution is 5.16. The van der Waals surface area contributed by atoms with Gasteiger partial charge in [-0.1, -0.05) is 47.5 Å². The lowest BCUT2D eigenvalue weighted by atomic mass is 9.41. The first-order valence-electron chi connectivity index (χ1n) is 9.49. The molecular weight excluding hydrogens is 272 g/mol. The molecule has 0 aromatic heterocycles. The Morgan fingerprint density at radius 1 is 1.05 bits per heavy atom. The Morgan fingerprint density at radius 2 is 1.73 bits per heavy atom. The standard InChI is InChI=1S/C20H36O2/c1-6-18(4)10-11-19(5)14(13-18)12-16(21)20(22)15(19)8-7-9-17(20,2)3/h14-16,21-22H,6-13H2,1-5H3/t14-,15-,16+,18-,19+,20-/m0/s1. The molecule has 0 saturated heterocycles. The summed E-state index contributed by atoms with van der Waals surface area (Å²) in [5.41, 5.74) is -0.421. The Morgan fingerprint density at radius 3 is 2.36 bits per heavy atom. The summed E-state index contributed by atoms with van der Waals surface area (Å²) in [6.45, 7) is 11.5. The Bertz CT molecular complexity index is 445. The zero-order valence-corrected chi connectivity index (χ0v) is 15.3. The summed E-state index contributed by atoms with van der Waals surface area (Å²) in [5, 5.41) is 22.6. The predicted molar refractivity (Wildman–Crippen MR) is 90.5 cm³/mol. The van der Waals surface area contributed by atoms with Crippen molar-refractivity contribution in [3.8, 4) is 0 Å². The molecule has 0 aliphatic heterocycles. The Kier molecular flexibility index (Phi) is 3.78. The van der Waals surface area contributed by atoms with E-state index in [1.807, 2.05) is 0 Å². The molecule has 0 aromatic rings. The number of fused-ring (bicyclic) bond motifs is 3. The highest BCUT2D eigenvalue weighted by Crippen LogP contribution is 2.66. The molecule has 3 aliphatic rings. The molecule has 128 valence electrons. The van der Waals surface area contributed by atoms with Crippen molar-refractivity contribution < 1.29 is 10.2 Å². The minimum atomic E-state index is -0.892. The van der Waals surface area contributed by atoms with Crippen LogP contribution in [0, 0.1) is 28.1 Å². The first kappa shape index (κ1) is 16.8. The zero-order valence-electron chi connectivity index (χ0n) is 15.3. The van der Waals surface area contributed by atoms with Crippen molar-refractivity contribution >= 4 is 0 Å². The lowest BCUT2D eigenvalue weighted by molar-refractivity contribution is -0.273. The Balaban J connectivity index is 1.98. The number of aliphatic hydroxyl groups is 2. The third-order valence-electron chi connectivity index (χ3n) is 8.51. The van der Waals surface area contributed by atoms with Crippen LogP contribution in [0.5, 0.6) is 0 Å². The van der Waals surface area contributed by atoms with Crippen molar-refractivity contribution in [1.82, 2.24) is 0 Å². The van der Waals surface area contributed by atoms with Gasteiger partial charge in [0, 0.05) is 0 Å². The monoisotopic (exact) mass is 308 g/mol. The zero-order chi connectivity index (χ0) is 16.4. The van der Waals surface area contributed by atoms with E-state index in [-0.39, 0.29) is 16.7 Å². The van der Waals surface area contributed by atoms with Crippen LogP contribution in [-0.2, 0) is 0 Å². The van der Waals surface area contributed by atoms with Crippen molar-refractivity contribution in [2.75, 3.05) is 0 Å². The van der Waals surface area contributed by atoms with Crippen LogP contribution in [-0.4, -0.2) is 21.9 Å². The second-order valence-corrected chi connectivity index (χ2v) is 9.98. The van der Waals surface area contributed by atoms with Gasteiger partial charge < -0.3 is 10.2 Å². The first-order valence-corrected chi connectivity index (χ1v) is 9.49. The summed E-state index contributed by atoms with van der Waals surface area (Å²) in [4.78, 5) is 0. The highest BCUT2D eigenvalue weighted by atomic mass is 16.3. The van der Waals surface area contributed by atoms with Gasteiger partial charge in [-0.2, -0.15) is 0 Å². The maximum atomic E-state index is 11.6. The van der Waals surface area contributed by atoms with Crippen LogP contribution in [0.15, 0.2) is 0 Å². The molecule has 2 nitrogen and oxygen atoms in total. The normalized spacial score (nSPS) is 54.4. The van der Waals surface area contributed by atoms with E-state index in [2.05, 4.69) is 34.6 Å². The Labute approximate surface area is 136 Å². The number of aliphatic hydroxyl groups excluding tert-OH is 1. The first-order chi connectivity index (χ1) is 10.1. The van der Waals surface area contributed by atoms with Gasteiger partial charge in [-0.15, -0.1) is 0 Å². The van der Waals surface area contributed by atoms with Crippen LogP contribution in [0.25, 0.3) is 0 Å². The van der Waals surface area contributed by atoms with Crippen LogP contribution in [0.1, 0.15) is 86.0 Å². The van der Waals surface area contributed by atoms with Gasteiger partial charge >= 0.3 is 0 Å². The molecule has 0 aromatic carbocycles. The van der Waals surface area contributed by atoms with Gasteiger partial charge in [-0.3, -0.25) is 0 Å². The van der Waals surface area contributed by atoms with Crippen LogP contribution >= 0.6 is 0 Å². The van der Waals surface area contributed by atoms with Gasteiger partial charge in [-0.05, 0) is 66.6 Å². The van der Waals surface area contributed by atoms with Crippen molar-refractivity contribution in [1.29, 1.82) is 0 Å². The van der Waals surface area contributed by atoms with E-state index in [1.54, 1.807) is 0 Å². The molecule has 22 heavy (non-hydrogen) atoms. The van der Waals surface area contributed by atoms with Crippen LogP contribution in [0.2, 0.25) is 0 Å². The molecule has 0 bridgehead atoms. The number of rotatable bonds is 1. The quantitative estimate of drug-likeness (QED) is 0.747. The predicted octanol–water partition coefficient (Wildman–Crippen LogP) is 4.53. The molecule has 2 N–H and O–H groups in total. The fourth-order valence-corrected chi connectivity index (χ4v) is 6.44. The minimum absolute atomic E-state index is 0.172. The van der Waals surface area contributed by atoms with Gasteiger partial charge in [0.15, 0.2) is 0 Å². The van der Waals surface area contributed by atoms with E-state index in [1.165, 1.54) is 32.1 Å². The van der Waals surface area contributed by atoms with E-state index >= 15 is 0 Å². The average Bonchev–Trinajstić information content (AvgIpc) is 2.45. The fraction of sp³-hybridized carbons (Fsp3) is 1.00. The Hall–Kier alpha value is -0.0800. The van der Waals surface area contributed by atoms with Crippen molar-refractivity contribution in [3.05, 3.63) is 0 Å². The maximum absolute atomic E-state index is 11.6. The molecule has 6 atom stereocenters. The number of hydrogen-bond acceptors (Lipinski definition) is 2. The second-order valence-electron chi connectivity index (χ2n) is 9.98. The van der Waals surface area contributed by atoms with Crippen molar-refractivity contribution in [3.63, 3.8) is 0 Å². The average molecular weight is 309 g/mol. The minimum Gasteiger partial charge on any atom is -0.390 e. The van der Waals surface area contributed by atoms with Crippen LogP contribution in [0.4, 0.5) is 0 Å². The molecule has 0 spiro atoms. The molecule has 0 radical (unpaired) electrons. The van der Waals surface area contributed by atoms with Gasteiger partial charge in [0.1, 0.15) is 0 Å². The lowest BCUT2D eigenvalue weighted by Crippen LogP contribution is -2.69. The summed E-state index contributed by atoms with van der Waals surface area (Å²) < 4.78 is 0. The van der Waals surface area contributed by atoms with Gasteiger partial charge in [0.25, 0.3) is 0 Å². The molecule has 0 amide bonds. The molecule has 3 saturated carbocycles. The SMILES string of the molecule is CC[C@@]1(C)CC[C@]2(C)[C@@H](C[C@@H](O)[C@@]3(O)[C@H]2CCCC3(C)C)C1. The molecular formula is C20H36O2. The topological polar surface area (TPSA) is 40.5 Å². The van der Waals surface area contributed by atoms with Crippen LogP contribution in [0.3, 0.4) is 0 Å². The van der Waals surface area contributed by atoms with Crippen LogP contribution < -0.4 is 0 Å². The smallest absolute Gasteiger partial charge is 0.0989 e. The fourth-order valence-electron chi connectivity index (χ4n) is 6.44. The summed E-state index contributed by atoms with van der Waals surface area (Å²) in [6, 6.07) is 0. The third kappa shape index (κ3) is 2.05. The maximum Gasteiger partial charge on any atom is 0.0989 e. The molecule has 3 rings (SSSR count). The van der Waals surface area contributed by atoms with E-state index in [0.29, 0.717) is 11.3 Å².